The summed E-state index contributed by atoms with van der Waals surface area (Å²) in [7, 11) is 0. The normalized spacial score (nSPS) is 12.3. The molecule has 3 aromatic rings. The van der Waals surface area contributed by atoms with Gasteiger partial charge in [0, 0.05) is 24.1 Å². The number of benzene rings is 2. The molecule has 2 atom stereocenters. The van der Waals surface area contributed by atoms with Crippen LogP contribution in [0.3, 0.4) is 0 Å². The molecule has 1 heterocycles. The van der Waals surface area contributed by atoms with Crippen LogP contribution in [0, 0.1) is 5.92 Å². The second-order valence-corrected chi connectivity index (χ2v) is 10.1. The monoisotopic (exact) mass is 550 g/mol. The van der Waals surface area contributed by atoms with Crippen LogP contribution in [0.4, 0.5) is 0 Å². The van der Waals surface area contributed by atoms with Gasteiger partial charge in [0.25, 0.3) is 0 Å². The van der Waals surface area contributed by atoms with Crippen molar-refractivity contribution >= 4 is 40.9 Å². The summed E-state index contributed by atoms with van der Waals surface area (Å²) in [6.45, 7) is 0. The van der Waals surface area contributed by atoms with Crippen LogP contribution >= 0.6 is 11.3 Å². The molecule has 0 unspecified atom stereocenters. The summed E-state index contributed by atoms with van der Waals surface area (Å²) in [5.41, 5.74) is 9.47. The Morgan fingerprint density at radius 2 is 1.51 bits per heavy atom. The van der Waals surface area contributed by atoms with E-state index >= 15 is 0 Å². The Labute approximate surface area is 229 Å². The van der Waals surface area contributed by atoms with Crippen molar-refractivity contribution in [2.75, 3.05) is 0 Å². The average Bonchev–Trinajstić information content (AvgIpc) is 3.40. The molecule has 0 bridgehead atoms. The summed E-state index contributed by atoms with van der Waals surface area (Å²) in [6, 6.07) is 18.9. The highest BCUT2D eigenvalue weighted by atomic mass is 32.1. The number of primary amides is 1. The molecule has 0 spiro atoms. The molecule has 204 valence electrons. The summed E-state index contributed by atoms with van der Waals surface area (Å²) >= 11 is 1.65. The number of nitrogens with two attached hydrogens (primary N) is 1. The van der Waals surface area contributed by atoms with Crippen LogP contribution in [0.1, 0.15) is 37.7 Å². The first kappa shape index (κ1) is 29.2. The minimum Gasteiger partial charge on any atom is -0.481 e. The van der Waals surface area contributed by atoms with Gasteiger partial charge in [0.05, 0.1) is 18.4 Å². The SMILES string of the molecule is NC(=O)[C@H](CC(=O)O)CC(=O)[C@H](CCC(=O)O)NC(=O)CCc1ccc(-c2cc(-c3ccccc3)cs2)cc1. The molecule has 0 saturated carbocycles. The highest BCUT2D eigenvalue weighted by molar-refractivity contribution is 7.14. The summed E-state index contributed by atoms with van der Waals surface area (Å²) in [6.07, 6.45) is -1.24. The summed E-state index contributed by atoms with van der Waals surface area (Å²) in [5, 5.41) is 22.6. The smallest absolute Gasteiger partial charge is 0.304 e. The summed E-state index contributed by atoms with van der Waals surface area (Å²) in [4.78, 5) is 60.0. The quantitative estimate of drug-likeness (QED) is 0.223. The molecule has 10 heteroatoms. The number of carboxylic acids is 2. The number of carbonyl (C=O) groups is 5. The van der Waals surface area contributed by atoms with E-state index in [-0.39, 0.29) is 19.3 Å². The Morgan fingerprint density at radius 1 is 0.821 bits per heavy atom. The van der Waals surface area contributed by atoms with Crippen molar-refractivity contribution in [2.45, 2.75) is 44.6 Å². The predicted octanol–water partition coefficient (Wildman–Crippen LogP) is 3.90. The fourth-order valence-electron chi connectivity index (χ4n) is 4.08. The molecule has 0 aliphatic carbocycles. The molecule has 39 heavy (non-hydrogen) atoms. The largest absolute Gasteiger partial charge is 0.481 e. The van der Waals surface area contributed by atoms with Gasteiger partial charge in [-0.2, -0.15) is 0 Å². The van der Waals surface area contributed by atoms with E-state index in [1.165, 1.54) is 0 Å². The Morgan fingerprint density at radius 3 is 2.13 bits per heavy atom. The van der Waals surface area contributed by atoms with Crippen molar-refractivity contribution in [3.05, 3.63) is 71.6 Å². The number of Topliss-reactive ketones (excluding diaryl/α,β-unsaturated/α-hetero) is 1. The Bertz CT molecular complexity index is 1320. The summed E-state index contributed by atoms with van der Waals surface area (Å²) < 4.78 is 0. The second kappa shape index (κ2) is 14.0. The van der Waals surface area contributed by atoms with Crippen LogP contribution < -0.4 is 11.1 Å². The van der Waals surface area contributed by atoms with E-state index in [9.17, 15) is 24.0 Å². The molecule has 0 saturated heterocycles. The molecule has 0 fully saturated rings. The van der Waals surface area contributed by atoms with Gasteiger partial charge in [0.1, 0.15) is 0 Å². The van der Waals surface area contributed by atoms with Crippen molar-refractivity contribution in [3.8, 4) is 21.6 Å². The lowest BCUT2D eigenvalue weighted by atomic mass is 9.93. The van der Waals surface area contributed by atoms with E-state index < -0.39 is 54.3 Å². The zero-order valence-corrected chi connectivity index (χ0v) is 22.0. The molecule has 3 rings (SSSR count). The number of carbonyl (C=O) groups excluding carboxylic acids is 3. The van der Waals surface area contributed by atoms with E-state index in [0.29, 0.717) is 6.42 Å². The van der Waals surface area contributed by atoms with Crippen molar-refractivity contribution in [1.82, 2.24) is 5.32 Å². The lowest BCUT2D eigenvalue weighted by Crippen LogP contribution is -2.43. The van der Waals surface area contributed by atoms with Crippen LogP contribution in [0.5, 0.6) is 0 Å². The number of aliphatic carboxylic acids is 2. The van der Waals surface area contributed by atoms with Gasteiger partial charge in [-0.3, -0.25) is 24.0 Å². The number of aryl methyl sites for hydroxylation is 1. The minimum absolute atomic E-state index is 0.0573. The first-order valence-corrected chi connectivity index (χ1v) is 13.3. The Hall–Kier alpha value is -4.31. The van der Waals surface area contributed by atoms with Crippen molar-refractivity contribution in [3.63, 3.8) is 0 Å². The molecule has 5 N–H and O–H groups in total. The third-order valence-corrected chi connectivity index (χ3v) is 7.21. The molecule has 0 radical (unpaired) electrons. The number of rotatable bonds is 15. The lowest BCUT2D eigenvalue weighted by molar-refractivity contribution is -0.141. The standard InChI is InChI=1S/C29H30N2O7S/c30-29(38)21(16-28(36)37)14-24(32)23(11-13-27(34)35)31-26(33)12-8-18-6-9-20(10-7-18)25-15-22(17-39-25)19-4-2-1-3-5-19/h1-7,9-10,15,17,21,23H,8,11-14,16H2,(H2,30,38)(H,31,33)(H,34,35)(H,36,37)/t21-,23-/m0/s1. The number of thiophene rings is 1. The zero-order valence-electron chi connectivity index (χ0n) is 21.2. The van der Waals surface area contributed by atoms with Crippen LogP contribution in [0.15, 0.2) is 66.0 Å². The fourth-order valence-corrected chi connectivity index (χ4v) is 5.01. The maximum absolute atomic E-state index is 12.7. The molecule has 9 nitrogen and oxygen atoms in total. The number of hydrogen-bond donors (Lipinski definition) is 4. The first-order chi connectivity index (χ1) is 18.6. The van der Waals surface area contributed by atoms with Crippen LogP contribution in [-0.2, 0) is 30.4 Å². The third-order valence-electron chi connectivity index (χ3n) is 6.23. The number of hydrogen-bond acceptors (Lipinski definition) is 6. The van der Waals surface area contributed by atoms with Crippen LogP contribution in [-0.4, -0.2) is 45.8 Å². The van der Waals surface area contributed by atoms with E-state index in [2.05, 4.69) is 28.9 Å². The lowest BCUT2D eigenvalue weighted by Gasteiger charge is -2.19. The van der Waals surface area contributed by atoms with Gasteiger partial charge >= 0.3 is 11.9 Å². The van der Waals surface area contributed by atoms with Gasteiger partial charge < -0.3 is 21.3 Å². The molecule has 2 amide bonds. The van der Waals surface area contributed by atoms with Gasteiger partial charge in [-0.05, 0) is 46.5 Å². The van der Waals surface area contributed by atoms with E-state index in [1.54, 1.807) is 11.3 Å². The van der Waals surface area contributed by atoms with Crippen molar-refractivity contribution < 1.29 is 34.2 Å². The average molecular weight is 551 g/mol. The molecule has 0 aliphatic heterocycles. The minimum atomic E-state index is -1.29. The van der Waals surface area contributed by atoms with Gasteiger partial charge in [-0.15, -0.1) is 11.3 Å². The Kier molecular flexibility index (Phi) is 10.5. The van der Waals surface area contributed by atoms with Crippen LogP contribution in [0.2, 0.25) is 0 Å². The van der Waals surface area contributed by atoms with Gasteiger partial charge in [0.2, 0.25) is 11.8 Å². The maximum Gasteiger partial charge on any atom is 0.304 e. The maximum atomic E-state index is 12.7. The third kappa shape index (κ3) is 9.19. The number of nitrogens with one attached hydrogen (secondary N) is 1. The highest BCUT2D eigenvalue weighted by Crippen LogP contribution is 2.32. The molecular weight excluding hydrogens is 520 g/mol. The fraction of sp³-hybridized carbons (Fsp3) is 0.276. The second-order valence-electron chi connectivity index (χ2n) is 9.18. The number of ketones is 1. The predicted molar refractivity (Wildman–Crippen MR) is 147 cm³/mol. The number of amides is 2. The Balaban J connectivity index is 1.58. The van der Waals surface area contributed by atoms with E-state index in [4.69, 9.17) is 15.9 Å². The first-order valence-electron chi connectivity index (χ1n) is 12.4. The summed E-state index contributed by atoms with van der Waals surface area (Å²) in [5.74, 6) is -5.73. The molecule has 2 aromatic carbocycles. The topological polar surface area (TPSA) is 164 Å². The van der Waals surface area contributed by atoms with Gasteiger partial charge in [0.15, 0.2) is 5.78 Å². The van der Waals surface area contributed by atoms with Crippen LogP contribution in [0.25, 0.3) is 21.6 Å². The van der Waals surface area contributed by atoms with Crippen molar-refractivity contribution in [2.24, 2.45) is 11.7 Å². The zero-order chi connectivity index (χ0) is 28.4. The van der Waals surface area contributed by atoms with Gasteiger partial charge in [-0.25, -0.2) is 0 Å². The van der Waals surface area contributed by atoms with E-state index in [0.717, 1.165) is 27.1 Å². The van der Waals surface area contributed by atoms with Crippen molar-refractivity contribution in [1.29, 1.82) is 0 Å². The van der Waals surface area contributed by atoms with Gasteiger partial charge in [-0.1, -0.05) is 54.6 Å². The molecule has 1 aromatic heterocycles. The molecular formula is C29H30N2O7S. The number of carboxylic acid groups (broad SMARTS) is 2. The van der Waals surface area contributed by atoms with E-state index in [1.807, 2.05) is 42.5 Å². The molecule has 0 aliphatic rings. The highest BCUT2D eigenvalue weighted by Gasteiger charge is 2.28.